The summed E-state index contributed by atoms with van der Waals surface area (Å²) >= 11 is 6.40. The van der Waals surface area contributed by atoms with E-state index in [2.05, 4.69) is 38.4 Å². The Morgan fingerprint density at radius 3 is 0.839 bits per heavy atom. The number of nitrogens with one attached hydrogen (secondary N) is 1. The molecule has 0 aliphatic carbocycles. The van der Waals surface area contributed by atoms with Crippen LogP contribution < -0.4 is 31.9 Å². The molecule has 1 N–H and O–H groups in total. The molecule has 0 bridgehead atoms. The highest BCUT2D eigenvalue weighted by molar-refractivity contribution is 7.26. The van der Waals surface area contributed by atoms with Crippen LogP contribution in [0.15, 0.2) is 109 Å². The second kappa shape index (κ2) is 17.2. The molecule has 0 radical (unpaired) electrons. The van der Waals surface area contributed by atoms with Gasteiger partial charge in [-0.15, -0.1) is 0 Å². The lowest BCUT2D eigenvalue weighted by molar-refractivity contribution is -0.786. The summed E-state index contributed by atoms with van der Waals surface area (Å²) in [5.74, 6) is 0. The molecule has 62 heavy (non-hydrogen) atoms. The van der Waals surface area contributed by atoms with Crippen molar-refractivity contribution in [2.24, 2.45) is 0 Å². The van der Waals surface area contributed by atoms with Gasteiger partial charge < -0.3 is 4.90 Å². The van der Waals surface area contributed by atoms with Gasteiger partial charge in [-0.2, -0.15) is 112 Å². The Bertz CT molecular complexity index is 2060. The fourth-order valence-corrected chi connectivity index (χ4v) is 8.12. The van der Waals surface area contributed by atoms with Crippen LogP contribution in [-0.4, -0.2) is 27.6 Å². The van der Waals surface area contributed by atoms with E-state index in [9.17, 15) is 79.0 Å². The van der Waals surface area contributed by atoms with Crippen LogP contribution in [-0.2, 0) is 37.1 Å². The molecule has 0 atom stereocenters. The van der Waals surface area contributed by atoms with E-state index in [0.29, 0.717) is 0 Å². The molecule has 0 saturated heterocycles. The zero-order chi connectivity index (χ0) is 47.2. The second-order valence-electron chi connectivity index (χ2n) is 14.8. The molecular formula is C40H31BClF18NSi. The van der Waals surface area contributed by atoms with Crippen LogP contribution in [0.25, 0.3) is 0 Å². The van der Waals surface area contributed by atoms with Gasteiger partial charge in [0.2, 0.25) is 0 Å². The summed E-state index contributed by atoms with van der Waals surface area (Å²) in [6.45, 7) is 2.96. The first-order valence-corrected chi connectivity index (χ1v) is 21.7. The van der Waals surface area contributed by atoms with Gasteiger partial charge in [0, 0.05) is 0 Å². The van der Waals surface area contributed by atoms with Crippen LogP contribution in [0, 0.1) is 0 Å². The van der Waals surface area contributed by atoms with Gasteiger partial charge in [0.15, 0.2) is 7.38 Å². The fourth-order valence-electron chi connectivity index (χ4n) is 6.78. The van der Waals surface area contributed by atoms with Crippen LogP contribution in [0.1, 0.15) is 33.4 Å². The summed E-state index contributed by atoms with van der Waals surface area (Å²) in [7, 11) is 1.27. The minimum Gasteiger partial charge on any atom is -0.307 e. The van der Waals surface area contributed by atoms with Gasteiger partial charge in [-0.3, -0.25) is 0 Å². The Morgan fingerprint density at radius 1 is 0.387 bits per heavy atom. The summed E-state index contributed by atoms with van der Waals surface area (Å²) in [6.07, 6.45) is -39.3. The van der Waals surface area contributed by atoms with E-state index in [4.69, 9.17) is 11.1 Å². The summed E-state index contributed by atoms with van der Waals surface area (Å²) in [5, 5.41) is 0.188. The first-order valence-electron chi connectivity index (χ1n) is 17.7. The molecule has 0 spiro atoms. The van der Waals surface area contributed by atoms with Gasteiger partial charge in [-0.1, -0.05) is 92.0 Å². The summed E-state index contributed by atoms with van der Waals surface area (Å²) in [5.41, 5.74) is -17.5. The van der Waals surface area contributed by atoms with Crippen molar-refractivity contribution in [2.45, 2.75) is 50.2 Å². The number of quaternary nitrogens is 1. The number of alkyl halides is 18. The first-order chi connectivity index (χ1) is 28.0. The van der Waals surface area contributed by atoms with Crippen molar-refractivity contribution >= 4 is 57.3 Å². The molecule has 1 nitrogen and oxygen atoms in total. The van der Waals surface area contributed by atoms with Gasteiger partial charge in [0.25, 0.3) is 0 Å². The maximum absolute atomic E-state index is 14.2. The Hall–Kier alpha value is -4.63. The van der Waals surface area contributed by atoms with Crippen LogP contribution >= 0.6 is 11.1 Å². The molecule has 0 aliphatic rings. The van der Waals surface area contributed by atoms with Gasteiger partial charge in [-0.25, -0.2) is 0 Å². The second-order valence-corrected chi connectivity index (χ2v) is 21.2. The highest BCUT2D eigenvalue weighted by atomic mass is 35.6. The Morgan fingerprint density at radius 2 is 0.645 bits per heavy atom. The number of hydrogen-bond acceptors (Lipinski definition) is 0. The van der Waals surface area contributed by atoms with E-state index < -0.39 is 124 Å². The zero-order valence-corrected chi connectivity index (χ0v) is 33.9. The third-order valence-corrected chi connectivity index (χ3v) is 12.1. The van der Waals surface area contributed by atoms with E-state index in [-0.39, 0.29) is 41.6 Å². The standard InChI is InChI=1S/C32H19BClF18Si.C8H11N/c1-53(2,34)26-5-3-22(4-6-26)33(23-10-16(27(35,36)37)7-17(11-23)28(38,39)40,24-12-18(29(41,42)43)8-19(13-24)30(44,45)46)25-14-20(31(47,48)49)9-21(15-25)32(50,51)52;1-9(2)8-6-4-3-5-7-8/h3-15H,1-2H3;3-7H,1-2H3/q-1;/p+1. The lowest BCUT2D eigenvalue weighted by Crippen LogP contribution is -3.00. The number of hydrogen-bond donors (Lipinski definition) is 1. The first kappa shape index (κ1) is 50.0. The largest absolute Gasteiger partial charge is 0.416 e. The molecule has 0 fully saturated rings. The van der Waals surface area contributed by atoms with Crippen molar-refractivity contribution in [1.82, 2.24) is 0 Å². The fraction of sp³-hybridized carbons (Fsp3) is 0.250. The molecule has 0 aliphatic heterocycles. The monoisotopic (exact) mass is 941 g/mol. The summed E-state index contributed by atoms with van der Waals surface area (Å²) in [6, 6.07) is 11.4. The van der Waals surface area contributed by atoms with Crippen molar-refractivity contribution in [3.8, 4) is 0 Å². The average Bonchev–Trinajstić information content (AvgIpc) is 3.13. The number of halogens is 19. The lowest BCUT2D eigenvalue weighted by atomic mass is 9.12. The third-order valence-electron chi connectivity index (χ3n) is 9.78. The molecule has 0 amide bonds. The van der Waals surface area contributed by atoms with E-state index in [1.54, 1.807) is 0 Å². The van der Waals surface area contributed by atoms with Crippen LogP contribution in [0.5, 0.6) is 0 Å². The van der Waals surface area contributed by atoms with E-state index in [1.165, 1.54) is 23.7 Å². The third kappa shape index (κ3) is 11.5. The van der Waals surface area contributed by atoms with Crippen molar-refractivity contribution in [3.05, 3.63) is 143 Å². The maximum Gasteiger partial charge on any atom is 0.416 e. The topological polar surface area (TPSA) is 4.44 Å². The number of benzene rings is 5. The molecule has 0 heterocycles. The van der Waals surface area contributed by atoms with E-state index >= 15 is 0 Å². The van der Waals surface area contributed by atoms with Crippen molar-refractivity contribution in [1.29, 1.82) is 0 Å². The van der Waals surface area contributed by atoms with Crippen LogP contribution in [0.4, 0.5) is 84.7 Å². The minimum absolute atomic E-state index is 0.176. The average molecular weight is 942 g/mol. The van der Waals surface area contributed by atoms with E-state index in [0.717, 1.165) is 24.3 Å². The predicted octanol–water partition coefficient (Wildman–Crippen LogP) is 10.3. The number of para-hydroxylation sites is 1. The van der Waals surface area contributed by atoms with E-state index in [1.807, 2.05) is 6.07 Å². The molecule has 5 aromatic rings. The molecule has 0 saturated carbocycles. The Balaban J connectivity index is 0.000000831. The molecule has 0 unspecified atom stereocenters. The normalized spacial score (nSPS) is 13.5. The highest BCUT2D eigenvalue weighted by Gasteiger charge is 2.45. The van der Waals surface area contributed by atoms with Gasteiger partial charge in [0.1, 0.15) is 11.8 Å². The van der Waals surface area contributed by atoms with Gasteiger partial charge in [-0.05, 0) is 35.5 Å². The quantitative estimate of drug-likeness (QED) is 0.0983. The zero-order valence-electron chi connectivity index (χ0n) is 32.2. The molecule has 5 aromatic carbocycles. The lowest BCUT2D eigenvalue weighted by Gasteiger charge is -2.46. The van der Waals surface area contributed by atoms with Crippen LogP contribution in [0.2, 0.25) is 13.1 Å². The smallest absolute Gasteiger partial charge is 0.307 e. The molecular weight excluding hydrogens is 911 g/mol. The predicted molar refractivity (Wildman–Crippen MR) is 202 cm³/mol. The summed E-state index contributed by atoms with van der Waals surface area (Å²) in [4.78, 5) is 1.37. The highest BCUT2D eigenvalue weighted by Crippen LogP contribution is 2.39. The Kier molecular flexibility index (Phi) is 13.8. The number of rotatable bonds is 6. The van der Waals surface area contributed by atoms with Crippen LogP contribution in [0.3, 0.4) is 0 Å². The SMILES string of the molecule is C[NH+](C)c1ccccc1.C[Si](C)(Cl)c1ccc([B-](c2cc(C(F)(F)F)cc(C(F)(F)F)c2)(c2cc(C(F)(F)F)cc(C(F)(F)F)c2)c2cc(C(F)(F)F)cc(C(F)(F)F)c2)cc1. The molecule has 0 aromatic heterocycles. The van der Waals surface area contributed by atoms with Crippen molar-refractivity contribution in [2.75, 3.05) is 14.1 Å². The maximum atomic E-state index is 14.2. The molecule has 22 heteroatoms. The minimum atomic E-state index is -5.76. The molecule has 336 valence electrons. The Labute approximate surface area is 347 Å². The summed E-state index contributed by atoms with van der Waals surface area (Å²) < 4.78 is 256. The van der Waals surface area contributed by atoms with Crippen molar-refractivity contribution in [3.63, 3.8) is 0 Å². The molecule has 5 rings (SSSR count). The van der Waals surface area contributed by atoms with Gasteiger partial charge in [0.05, 0.1) is 47.5 Å². The van der Waals surface area contributed by atoms with Gasteiger partial charge >= 0.3 is 37.1 Å². The van der Waals surface area contributed by atoms with Crippen molar-refractivity contribution < 1.29 is 83.9 Å².